The number of aliphatic imine (C=N–C) groups is 1. The zero-order valence-electron chi connectivity index (χ0n) is 18.0. The van der Waals surface area contributed by atoms with Gasteiger partial charge >= 0.3 is 5.97 Å². The molecule has 0 aromatic heterocycles. The molecule has 9 heteroatoms. The van der Waals surface area contributed by atoms with Gasteiger partial charge in [0.1, 0.15) is 16.4 Å². The second-order valence-corrected chi connectivity index (χ2v) is 8.17. The normalized spacial score (nSPS) is 16.0. The SMILES string of the molecule is CCC(=Nc1cccc(CN2CCCCC2)c1)C(C(=O)O)=C(O)c1cc(F)c(F)c(Cl)c1F. The number of halogens is 4. The number of aliphatic hydroxyl groups excluding tert-OH is 1. The van der Waals surface area contributed by atoms with Gasteiger partial charge in [-0.05, 0) is 56.1 Å². The van der Waals surface area contributed by atoms with Gasteiger partial charge in [-0.3, -0.25) is 9.89 Å². The lowest BCUT2D eigenvalue weighted by atomic mass is 10.0. The molecule has 2 N–H and O–H groups in total. The van der Waals surface area contributed by atoms with E-state index in [0.717, 1.165) is 38.0 Å². The first-order valence-corrected chi connectivity index (χ1v) is 11.0. The molecule has 5 nitrogen and oxygen atoms in total. The number of benzene rings is 2. The van der Waals surface area contributed by atoms with Crippen LogP contribution in [0.1, 0.15) is 43.7 Å². The average molecular weight is 481 g/mol. The van der Waals surface area contributed by atoms with Gasteiger partial charge in [0.15, 0.2) is 17.5 Å². The van der Waals surface area contributed by atoms with Crippen LogP contribution in [0.5, 0.6) is 0 Å². The van der Waals surface area contributed by atoms with E-state index in [1.54, 1.807) is 19.1 Å². The molecular weight excluding hydrogens is 457 g/mol. The summed E-state index contributed by atoms with van der Waals surface area (Å²) >= 11 is 5.45. The molecule has 1 saturated heterocycles. The molecule has 0 bridgehead atoms. The molecule has 0 unspecified atom stereocenters. The van der Waals surface area contributed by atoms with Gasteiger partial charge in [-0.25, -0.2) is 18.0 Å². The molecule has 1 aliphatic rings. The standard InChI is InChI=1S/C24H24ClF3N2O3/c1-2-18(29-15-8-6-7-14(11-15)13-30-9-4-3-5-10-30)19(24(32)33)23(31)16-12-17(26)22(28)20(25)21(16)27/h6-8,11-12,31H,2-5,9-10,13H2,1H3,(H,32,33). The highest BCUT2D eigenvalue weighted by molar-refractivity contribution is 6.31. The Bertz CT molecular complexity index is 1110. The van der Waals surface area contributed by atoms with E-state index in [2.05, 4.69) is 9.89 Å². The third-order valence-electron chi connectivity index (χ3n) is 5.46. The molecule has 1 aliphatic heterocycles. The van der Waals surface area contributed by atoms with Crippen molar-refractivity contribution >= 4 is 34.7 Å². The Morgan fingerprint density at radius 3 is 2.42 bits per heavy atom. The Balaban J connectivity index is 2.02. The summed E-state index contributed by atoms with van der Waals surface area (Å²) in [6, 6.07) is 7.60. The lowest BCUT2D eigenvalue weighted by Crippen LogP contribution is -2.28. The van der Waals surface area contributed by atoms with E-state index in [-0.39, 0.29) is 12.1 Å². The van der Waals surface area contributed by atoms with Gasteiger partial charge in [0.2, 0.25) is 0 Å². The monoisotopic (exact) mass is 480 g/mol. The van der Waals surface area contributed by atoms with Gasteiger partial charge in [0.05, 0.1) is 17.0 Å². The van der Waals surface area contributed by atoms with Crippen LogP contribution in [0.15, 0.2) is 40.9 Å². The van der Waals surface area contributed by atoms with Gasteiger partial charge in [-0.2, -0.15) is 0 Å². The maximum Gasteiger partial charge on any atom is 0.341 e. The first-order valence-electron chi connectivity index (χ1n) is 10.6. The Labute approximate surface area is 194 Å². The molecule has 2 aromatic carbocycles. The van der Waals surface area contributed by atoms with Crippen LogP contribution in [-0.2, 0) is 11.3 Å². The number of hydrogen-bond donors (Lipinski definition) is 2. The fourth-order valence-corrected chi connectivity index (χ4v) is 4.00. The summed E-state index contributed by atoms with van der Waals surface area (Å²) in [6.07, 6.45) is 3.59. The highest BCUT2D eigenvalue weighted by Gasteiger charge is 2.26. The fourth-order valence-electron chi connectivity index (χ4n) is 3.81. The Morgan fingerprint density at radius 2 is 1.79 bits per heavy atom. The van der Waals surface area contributed by atoms with Crippen LogP contribution in [0.25, 0.3) is 5.76 Å². The summed E-state index contributed by atoms with van der Waals surface area (Å²) in [6.45, 7) is 4.36. The van der Waals surface area contributed by atoms with Gasteiger partial charge < -0.3 is 10.2 Å². The number of nitrogens with zero attached hydrogens (tertiary/aromatic N) is 2. The van der Waals surface area contributed by atoms with Crippen LogP contribution in [-0.4, -0.2) is 39.9 Å². The highest BCUT2D eigenvalue weighted by Crippen LogP contribution is 2.30. The number of hydrogen-bond acceptors (Lipinski definition) is 4. The van der Waals surface area contributed by atoms with E-state index in [1.165, 1.54) is 6.42 Å². The smallest absolute Gasteiger partial charge is 0.341 e. The van der Waals surface area contributed by atoms with Crippen LogP contribution in [0.3, 0.4) is 0 Å². The molecule has 1 heterocycles. The summed E-state index contributed by atoms with van der Waals surface area (Å²) in [7, 11) is 0. The van der Waals surface area contributed by atoms with E-state index in [4.69, 9.17) is 11.6 Å². The molecule has 2 aromatic rings. The largest absolute Gasteiger partial charge is 0.506 e. The first kappa shape index (κ1) is 24.8. The van der Waals surface area contributed by atoms with Gasteiger partial charge in [-0.1, -0.05) is 37.1 Å². The van der Waals surface area contributed by atoms with Crippen LogP contribution in [0.2, 0.25) is 5.02 Å². The fraction of sp³-hybridized carbons (Fsp3) is 0.333. The number of likely N-dealkylation sites (tertiary alicyclic amines) is 1. The van der Waals surface area contributed by atoms with Gasteiger partial charge in [0.25, 0.3) is 0 Å². The molecule has 0 atom stereocenters. The summed E-state index contributed by atoms with van der Waals surface area (Å²) in [5.41, 5.74) is -0.194. The van der Waals surface area contributed by atoms with Crippen LogP contribution < -0.4 is 0 Å². The number of carbonyl (C=O) groups is 1. The van der Waals surface area contributed by atoms with Crippen molar-refractivity contribution in [3.8, 4) is 0 Å². The lowest BCUT2D eigenvalue weighted by Gasteiger charge is -2.26. The Hall–Kier alpha value is -2.84. The molecular formula is C24H24ClF3N2O3. The second kappa shape index (κ2) is 10.9. The van der Waals surface area contributed by atoms with Crippen molar-refractivity contribution in [1.29, 1.82) is 0 Å². The molecule has 1 fully saturated rings. The Kier molecular flexibility index (Phi) is 8.15. The quantitative estimate of drug-likeness (QED) is 0.161. The maximum absolute atomic E-state index is 14.4. The number of aliphatic hydroxyl groups is 1. The molecule has 3 rings (SSSR count). The zero-order chi connectivity index (χ0) is 24.1. The zero-order valence-corrected chi connectivity index (χ0v) is 18.8. The highest BCUT2D eigenvalue weighted by atomic mass is 35.5. The van der Waals surface area contributed by atoms with Crippen molar-refractivity contribution in [3.05, 3.63) is 69.5 Å². The average Bonchev–Trinajstić information content (AvgIpc) is 2.80. The number of piperidine rings is 1. The minimum absolute atomic E-state index is 0.0598. The molecule has 0 aliphatic carbocycles. The Morgan fingerprint density at radius 1 is 1.09 bits per heavy atom. The van der Waals surface area contributed by atoms with Crippen LogP contribution in [0.4, 0.5) is 18.9 Å². The molecule has 0 amide bonds. The molecule has 176 valence electrons. The minimum atomic E-state index is -1.63. The van der Waals surface area contributed by atoms with Crippen molar-refractivity contribution in [3.63, 3.8) is 0 Å². The third kappa shape index (κ3) is 5.75. The molecule has 0 radical (unpaired) electrons. The summed E-state index contributed by atoms with van der Waals surface area (Å²) in [5.74, 6) is -7.31. The van der Waals surface area contributed by atoms with Crippen molar-refractivity contribution in [2.24, 2.45) is 4.99 Å². The minimum Gasteiger partial charge on any atom is -0.506 e. The van der Waals surface area contributed by atoms with Crippen molar-refractivity contribution in [1.82, 2.24) is 4.90 Å². The van der Waals surface area contributed by atoms with Crippen molar-refractivity contribution in [2.75, 3.05) is 13.1 Å². The number of carboxylic acids is 1. The molecule has 0 spiro atoms. The lowest BCUT2D eigenvalue weighted by molar-refractivity contribution is -0.132. The topological polar surface area (TPSA) is 73.1 Å². The predicted octanol–water partition coefficient (Wildman–Crippen LogP) is 6.28. The van der Waals surface area contributed by atoms with Crippen molar-refractivity contribution in [2.45, 2.75) is 39.2 Å². The summed E-state index contributed by atoms with van der Waals surface area (Å²) in [4.78, 5) is 18.7. The van der Waals surface area contributed by atoms with E-state index in [1.807, 2.05) is 12.1 Å². The second-order valence-electron chi connectivity index (χ2n) is 7.80. The first-order chi connectivity index (χ1) is 15.7. The van der Waals surface area contributed by atoms with Crippen LogP contribution >= 0.6 is 11.6 Å². The van der Waals surface area contributed by atoms with Crippen molar-refractivity contribution < 1.29 is 28.2 Å². The van der Waals surface area contributed by atoms with Gasteiger partial charge in [-0.15, -0.1) is 0 Å². The van der Waals surface area contributed by atoms with E-state index < -0.39 is 45.3 Å². The summed E-state index contributed by atoms with van der Waals surface area (Å²) in [5, 5.41) is 19.1. The number of rotatable bonds is 7. The van der Waals surface area contributed by atoms with Gasteiger partial charge in [0, 0.05) is 6.54 Å². The number of carboxylic acid groups (broad SMARTS) is 1. The molecule has 0 saturated carbocycles. The predicted molar refractivity (Wildman–Crippen MR) is 121 cm³/mol. The third-order valence-corrected chi connectivity index (χ3v) is 5.79. The summed E-state index contributed by atoms with van der Waals surface area (Å²) < 4.78 is 41.7. The van der Waals surface area contributed by atoms with E-state index in [9.17, 15) is 28.2 Å². The van der Waals surface area contributed by atoms with Crippen LogP contribution in [0, 0.1) is 17.5 Å². The van der Waals surface area contributed by atoms with E-state index >= 15 is 0 Å². The number of aliphatic carboxylic acids is 1. The van der Waals surface area contributed by atoms with E-state index in [0.29, 0.717) is 11.8 Å². The molecule has 33 heavy (non-hydrogen) atoms. The maximum atomic E-state index is 14.4.